The Hall–Kier alpha value is -3.27. The summed E-state index contributed by atoms with van der Waals surface area (Å²) in [6.45, 7) is 4.12. The van der Waals surface area contributed by atoms with Crippen molar-refractivity contribution >= 4 is 5.97 Å². The lowest BCUT2D eigenvalue weighted by Crippen LogP contribution is -2.39. The third kappa shape index (κ3) is 3.65. The van der Waals surface area contributed by atoms with Crippen LogP contribution in [-0.2, 0) is 4.79 Å². The van der Waals surface area contributed by atoms with Gasteiger partial charge in [0.25, 0.3) is 0 Å². The minimum absolute atomic E-state index is 0.135. The molecule has 0 spiro atoms. The van der Waals surface area contributed by atoms with Crippen molar-refractivity contribution in [3.63, 3.8) is 0 Å². The number of hydrogen-bond acceptors (Lipinski definition) is 4. The molecule has 1 atom stereocenters. The Kier molecular flexibility index (Phi) is 4.55. The smallest absolute Gasteiger partial charge is 0.356 e. The van der Waals surface area contributed by atoms with E-state index in [4.69, 9.17) is 14.2 Å². The van der Waals surface area contributed by atoms with Crippen molar-refractivity contribution in [3.8, 4) is 28.4 Å². The van der Waals surface area contributed by atoms with Gasteiger partial charge in [0, 0.05) is 0 Å². The Bertz CT molecular complexity index is 976. The molecular formula is C23H20O4. The van der Waals surface area contributed by atoms with Crippen molar-refractivity contribution in [1.82, 2.24) is 0 Å². The zero-order valence-electron chi connectivity index (χ0n) is 15.3. The zero-order valence-corrected chi connectivity index (χ0v) is 15.3. The van der Waals surface area contributed by atoms with Crippen molar-refractivity contribution < 1.29 is 19.0 Å². The van der Waals surface area contributed by atoms with Gasteiger partial charge in [0.15, 0.2) is 11.5 Å². The monoisotopic (exact) mass is 360 g/mol. The van der Waals surface area contributed by atoms with Crippen LogP contribution in [0.25, 0.3) is 11.1 Å². The second-order valence-electron chi connectivity index (χ2n) is 6.63. The van der Waals surface area contributed by atoms with Crippen LogP contribution >= 0.6 is 0 Å². The maximum Gasteiger partial charge on any atom is 0.356 e. The maximum absolute atomic E-state index is 12.5. The van der Waals surface area contributed by atoms with Gasteiger partial charge in [0.1, 0.15) is 12.4 Å². The molecule has 0 fully saturated rings. The predicted octanol–water partition coefficient (Wildman–Crippen LogP) is 4.72. The highest BCUT2D eigenvalue weighted by Gasteiger charge is 2.29. The van der Waals surface area contributed by atoms with E-state index in [9.17, 15) is 4.79 Å². The number of para-hydroxylation sites is 2. The standard InChI is InChI=1S/C23H20O4/c1-15-7-9-17(10-8-15)18-11-12-19(16(2)13-18)27-23(24)22-14-25-20-5-3-4-6-21(20)26-22/h3-13,22H,14H2,1-2H3. The summed E-state index contributed by atoms with van der Waals surface area (Å²) in [6, 6.07) is 21.4. The largest absolute Gasteiger partial charge is 0.485 e. The molecule has 4 heteroatoms. The van der Waals surface area contributed by atoms with Crippen LogP contribution in [0.5, 0.6) is 17.2 Å². The topological polar surface area (TPSA) is 44.8 Å². The van der Waals surface area contributed by atoms with E-state index >= 15 is 0 Å². The molecule has 4 rings (SSSR count). The number of carbonyl (C=O) groups is 1. The Morgan fingerprint density at radius 1 is 0.926 bits per heavy atom. The van der Waals surface area contributed by atoms with Crippen LogP contribution in [0.2, 0.25) is 0 Å². The van der Waals surface area contributed by atoms with Crippen LogP contribution in [0.1, 0.15) is 11.1 Å². The Morgan fingerprint density at radius 3 is 2.37 bits per heavy atom. The van der Waals surface area contributed by atoms with E-state index in [1.807, 2.05) is 43.3 Å². The summed E-state index contributed by atoms with van der Waals surface area (Å²) in [4.78, 5) is 12.5. The van der Waals surface area contributed by atoms with E-state index in [2.05, 4.69) is 31.2 Å². The first kappa shape index (κ1) is 17.2. The van der Waals surface area contributed by atoms with Crippen LogP contribution < -0.4 is 14.2 Å². The number of rotatable bonds is 3. The van der Waals surface area contributed by atoms with Gasteiger partial charge in [0.05, 0.1) is 0 Å². The molecule has 27 heavy (non-hydrogen) atoms. The van der Waals surface area contributed by atoms with Crippen molar-refractivity contribution in [2.45, 2.75) is 20.0 Å². The van der Waals surface area contributed by atoms with Crippen molar-refractivity contribution in [2.75, 3.05) is 6.61 Å². The normalized spacial score (nSPS) is 15.3. The summed E-state index contributed by atoms with van der Waals surface area (Å²) in [5.74, 6) is 1.26. The summed E-state index contributed by atoms with van der Waals surface area (Å²) < 4.78 is 16.9. The summed E-state index contributed by atoms with van der Waals surface area (Å²) in [6.07, 6.45) is -0.781. The van der Waals surface area contributed by atoms with Crippen molar-refractivity contribution in [1.29, 1.82) is 0 Å². The molecule has 1 unspecified atom stereocenters. The number of ether oxygens (including phenoxy) is 3. The van der Waals surface area contributed by atoms with Gasteiger partial charge in [-0.25, -0.2) is 4.79 Å². The molecule has 3 aromatic rings. The molecule has 0 bridgehead atoms. The summed E-state index contributed by atoms with van der Waals surface area (Å²) in [5.41, 5.74) is 4.32. The number of benzene rings is 3. The lowest BCUT2D eigenvalue weighted by atomic mass is 10.0. The Labute approximate surface area is 158 Å². The molecule has 0 saturated carbocycles. The summed E-state index contributed by atoms with van der Waals surface area (Å²) >= 11 is 0. The summed E-state index contributed by atoms with van der Waals surface area (Å²) in [7, 11) is 0. The van der Waals surface area contributed by atoms with Gasteiger partial charge in [-0.1, -0.05) is 48.0 Å². The van der Waals surface area contributed by atoms with Gasteiger partial charge in [0.2, 0.25) is 6.10 Å². The first-order valence-electron chi connectivity index (χ1n) is 8.88. The van der Waals surface area contributed by atoms with Crippen LogP contribution in [0.15, 0.2) is 66.7 Å². The molecule has 0 aromatic heterocycles. The number of carbonyl (C=O) groups excluding carboxylic acids is 1. The quantitative estimate of drug-likeness (QED) is 0.501. The van der Waals surface area contributed by atoms with Crippen LogP contribution in [0.3, 0.4) is 0 Å². The third-order valence-electron chi connectivity index (χ3n) is 4.54. The van der Waals surface area contributed by atoms with Crippen molar-refractivity contribution in [2.24, 2.45) is 0 Å². The van der Waals surface area contributed by atoms with E-state index in [1.165, 1.54) is 5.56 Å². The fourth-order valence-corrected chi connectivity index (χ4v) is 3.00. The van der Waals surface area contributed by atoms with Gasteiger partial charge in [-0.3, -0.25) is 0 Å². The SMILES string of the molecule is Cc1ccc(-c2ccc(OC(=O)C3COc4ccccc4O3)c(C)c2)cc1. The second-order valence-corrected chi connectivity index (χ2v) is 6.63. The third-order valence-corrected chi connectivity index (χ3v) is 4.54. The first-order valence-corrected chi connectivity index (χ1v) is 8.88. The summed E-state index contributed by atoms with van der Waals surface area (Å²) in [5, 5.41) is 0. The van der Waals surface area contributed by atoms with Crippen molar-refractivity contribution in [3.05, 3.63) is 77.9 Å². The van der Waals surface area contributed by atoms with E-state index in [0.29, 0.717) is 17.2 Å². The molecule has 0 saturated heterocycles. The number of hydrogen-bond donors (Lipinski definition) is 0. The fourth-order valence-electron chi connectivity index (χ4n) is 3.00. The lowest BCUT2D eigenvalue weighted by molar-refractivity contribution is -0.144. The number of esters is 1. The average molecular weight is 360 g/mol. The molecule has 4 nitrogen and oxygen atoms in total. The maximum atomic E-state index is 12.5. The lowest BCUT2D eigenvalue weighted by Gasteiger charge is -2.25. The van der Waals surface area contributed by atoms with Crippen LogP contribution in [-0.4, -0.2) is 18.7 Å². The van der Waals surface area contributed by atoms with E-state index < -0.39 is 12.1 Å². The Balaban J connectivity index is 1.48. The predicted molar refractivity (Wildman–Crippen MR) is 103 cm³/mol. The Morgan fingerprint density at radius 2 is 1.63 bits per heavy atom. The van der Waals surface area contributed by atoms with E-state index in [0.717, 1.165) is 16.7 Å². The van der Waals surface area contributed by atoms with Gasteiger partial charge in [-0.15, -0.1) is 0 Å². The van der Waals surface area contributed by atoms with Crippen LogP contribution in [0.4, 0.5) is 0 Å². The highest BCUT2D eigenvalue weighted by molar-refractivity contribution is 5.79. The molecule has 0 amide bonds. The minimum Gasteiger partial charge on any atom is -0.485 e. The van der Waals surface area contributed by atoms with Gasteiger partial charge in [-0.2, -0.15) is 0 Å². The number of fused-ring (bicyclic) bond motifs is 1. The van der Waals surface area contributed by atoms with E-state index in [-0.39, 0.29) is 6.61 Å². The first-order chi connectivity index (χ1) is 13.1. The van der Waals surface area contributed by atoms with Gasteiger partial charge in [-0.05, 0) is 54.8 Å². The molecule has 0 radical (unpaired) electrons. The number of aryl methyl sites for hydroxylation is 2. The highest BCUT2D eigenvalue weighted by Crippen LogP contribution is 2.32. The van der Waals surface area contributed by atoms with Gasteiger partial charge >= 0.3 is 5.97 Å². The zero-order chi connectivity index (χ0) is 18.8. The molecular weight excluding hydrogens is 340 g/mol. The molecule has 1 aliphatic rings. The van der Waals surface area contributed by atoms with Gasteiger partial charge < -0.3 is 14.2 Å². The molecule has 1 heterocycles. The molecule has 0 aliphatic carbocycles. The second kappa shape index (κ2) is 7.16. The molecule has 1 aliphatic heterocycles. The molecule has 3 aromatic carbocycles. The van der Waals surface area contributed by atoms with Crippen LogP contribution in [0, 0.1) is 13.8 Å². The average Bonchev–Trinajstić information content (AvgIpc) is 2.69. The van der Waals surface area contributed by atoms with E-state index in [1.54, 1.807) is 6.07 Å². The molecule has 0 N–H and O–H groups in total. The minimum atomic E-state index is -0.781. The highest BCUT2D eigenvalue weighted by atomic mass is 16.6. The fraction of sp³-hybridized carbons (Fsp3) is 0.174. The molecule has 136 valence electrons.